The first-order chi connectivity index (χ1) is 14.4. The Labute approximate surface area is 180 Å². The van der Waals surface area contributed by atoms with Crippen LogP contribution in [0.1, 0.15) is 47.4 Å². The number of rotatable bonds is 5. The van der Waals surface area contributed by atoms with Crippen LogP contribution in [-0.2, 0) is 34.8 Å². The Kier molecular flexibility index (Phi) is 5.00. The van der Waals surface area contributed by atoms with E-state index in [1.807, 2.05) is 7.05 Å². The molecule has 0 unspecified atom stereocenters. The summed E-state index contributed by atoms with van der Waals surface area (Å²) in [6, 6.07) is 3.41. The number of sulfonamides is 1. The van der Waals surface area contributed by atoms with Gasteiger partial charge in [0.2, 0.25) is 0 Å². The summed E-state index contributed by atoms with van der Waals surface area (Å²) < 4.78 is 35.6. The number of nitrogens with one attached hydrogen (secondary N) is 1. The van der Waals surface area contributed by atoms with E-state index in [2.05, 4.69) is 10.4 Å². The van der Waals surface area contributed by atoms with Crippen molar-refractivity contribution in [3.05, 3.63) is 34.5 Å². The molecule has 10 heteroatoms. The van der Waals surface area contributed by atoms with Crippen LogP contribution in [0.3, 0.4) is 0 Å². The minimum absolute atomic E-state index is 0.129. The third-order valence-electron chi connectivity index (χ3n) is 6.47. The molecule has 1 spiro atoms. The number of carbonyl (C=O) groups excluding carboxylic acids is 1. The van der Waals surface area contributed by atoms with Crippen molar-refractivity contribution in [2.75, 3.05) is 19.6 Å². The summed E-state index contributed by atoms with van der Waals surface area (Å²) in [6.45, 7) is 1.92. The molecule has 8 nitrogen and oxygen atoms in total. The summed E-state index contributed by atoms with van der Waals surface area (Å²) in [6.07, 6.45) is 4.28. The molecule has 1 saturated carbocycles. The Balaban J connectivity index is 1.29. The maximum Gasteiger partial charge on any atom is 0.272 e. The number of amides is 1. The molecule has 0 aromatic carbocycles. The normalized spacial score (nSPS) is 21.5. The number of hydrogen-bond acceptors (Lipinski definition) is 6. The van der Waals surface area contributed by atoms with Crippen LogP contribution in [-0.4, -0.2) is 53.6 Å². The fourth-order valence-corrected chi connectivity index (χ4v) is 6.96. The number of carbonyl (C=O) groups is 1. The quantitative estimate of drug-likeness (QED) is 0.751. The van der Waals surface area contributed by atoms with Gasteiger partial charge in [0.15, 0.2) is 5.69 Å². The largest absolute Gasteiger partial charge is 0.370 e. The van der Waals surface area contributed by atoms with Gasteiger partial charge in [0, 0.05) is 44.4 Å². The molecule has 1 saturated heterocycles. The minimum Gasteiger partial charge on any atom is -0.370 e. The summed E-state index contributed by atoms with van der Waals surface area (Å²) in [5, 5.41) is 9.25. The van der Waals surface area contributed by atoms with Gasteiger partial charge in [0.05, 0.1) is 12.2 Å². The smallest absolute Gasteiger partial charge is 0.272 e. The Hall–Kier alpha value is -1.75. The van der Waals surface area contributed by atoms with E-state index in [0.29, 0.717) is 61.3 Å². The van der Waals surface area contributed by atoms with E-state index in [9.17, 15) is 13.2 Å². The molecule has 30 heavy (non-hydrogen) atoms. The lowest BCUT2D eigenvalue weighted by Crippen LogP contribution is -2.50. The molecular weight excluding hydrogens is 424 g/mol. The van der Waals surface area contributed by atoms with Crippen molar-refractivity contribution in [1.82, 2.24) is 19.4 Å². The van der Waals surface area contributed by atoms with Crippen molar-refractivity contribution in [3.8, 4) is 0 Å². The van der Waals surface area contributed by atoms with Crippen molar-refractivity contribution in [2.24, 2.45) is 13.0 Å². The third-order valence-corrected chi connectivity index (χ3v) is 9.74. The van der Waals surface area contributed by atoms with Crippen LogP contribution in [0.15, 0.2) is 21.7 Å². The van der Waals surface area contributed by atoms with Gasteiger partial charge < -0.3 is 10.1 Å². The topological polar surface area (TPSA) is 93.5 Å². The molecule has 0 bridgehead atoms. The average Bonchev–Trinajstić information content (AvgIpc) is 3.27. The molecule has 1 aliphatic carbocycles. The molecule has 2 aromatic rings. The van der Waals surface area contributed by atoms with Gasteiger partial charge in [-0.1, -0.05) is 6.07 Å². The first-order valence-corrected chi connectivity index (χ1v) is 12.7. The molecule has 1 N–H and O–H groups in total. The predicted molar refractivity (Wildman–Crippen MR) is 112 cm³/mol. The zero-order valence-corrected chi connectivity index (χ0v) is 18.6. The molecule has 3 aliphatic rings. The van der Waals surface area contributed by atoms with Crippen molar-refractivity contribution in [3.63, 3.8) is 0 Å². The van der Waals surface area contributed by atoms with Crippen molar-refractivity contribution >= 4 is 27.3 Å². The number of fused-ring (bicyclic) bond motifs is 1. The third kappa shape index (κ3) is 3.59. The SMILES string of the molecule is Cn1nc(C(=O)NCC2CC2)c2c1CC1(CCN(S(=O)(=O)c3cccs3)CC1)OC2. The van der Waals surface area contributed by atoms with Crippen molar-refractivity contribution in [2.45, 2.75) is 48.5 Å². The van der Waals surface area contributed by atoms with E-state index in [1.165, 1.54) is 24.2 Å². The fraction of sp³-hybridized carbons (Fsp3) is 0.600. The standard InChI is InChI=1S/C20H26N4O4S2/c1-23-16-11-20(6-8-24(9-7-20)30(26,27)17-3-2-10-29-17)28-13-15(16)18(22-23)19(25)21-12-14-4-5-14/h2-3,10,14H,4-9,11-13H2,1H3,(H,21,25). The zero-order chi connectivity index (χ0) is 20.9. The van der Waals surface area contributed by atoms with Gasteiger partial charge in [0.1, 0.15) is 4.21 Å². The number of nitrogens with zero attached hydrogens (tertiary/aromatic N) is 3. The maximum absolute atomic E-state index is 12.8. The Morgan fingerprint density at radius 1 is 1.37 bits per heavy atom. The lowest BCUT2D eigenvalue weighted by molar-refractivity contribution is -0.0951. The van der Waals surface area contributed by atoms with Gasteiger partial charge in [-0.05, 0) is 43.0 Å². The molecule has 1 amide bonds. The van der Waals surface area contributed by atoms with Gasteiger partial charge in [-0.2, -0.15) is 9.40 Å². The van der Waals surface area contributed by atoms with Crippen LogP contribution in [0.2, 0.25) is 0 Å². The van der Waals surface area contributed by atoms with Crippen LogP contribution in [0.25, 0.3) is 0 Å². The highest BCUT2D eigenvalue weighted by atomic mass is 32.2. The molecule has 162 valence electrons. The Morgan fingerprint density at radius 3 is 2.80 bits per heavy atom. The van der Waals surface area contributed by atoms with Crippen LogP contribution in [0.4, 0.5) is 0 Å². The average molecular weight is 451 g/mol. The van der Waals surface area contributed by atoms with Gasteiger partial charge in [0.25, 0.3) is 15.9 Å². The molecule has 2 fully saturated rings. The van der Waals surface area contributed by atoms with Crippen molar-refractivity contribution < 1.29 is 17.9 Å². The summed E-state index contributed by atoms with van der Waals surface area (Å²) in [7, 11) is -1.57. The second kappa shape index (κ2) is 7.44. The van der Waals surface area contributed by atoms with Crippen molar-refractivity contribution in [1.29, 1.82) is 0 Å². The predicted octanol–water partition coefficient (Wildman–Crippen LogP) is 1.92. The van der Waals surface area contributed by atoms with Gasteiger partial charge >= 0.3 is 0 Å². The summed E-state index contributed by atoms with van der Waals surface area (Å²) >= 11 is 1.25. The Morgan fingerprint density at radius 2 is 2.13 bits per heavy atom. The second-order valence-corrected chi connectivity index (χ2v) is 11.6. The van der Waals surface area contributed by atoms with E-state index in [-0.39, 0.29) is 5.91 Å². The van der Waals surface area contributed by atoms with E-state index in [1.54, 1.807) is 26.5 Å². The molecule has 0 atom stereocenters. The highest BCUT2D eigenvalue weighted by Crippen LogP contribution is 2.38. The number of hydrogen-bond donors (Lipinski definition) is 1. The van der Waals surface area contributed by atoms with Crippen LogP contribution in [0.5, 0.6) is 0 Å². The van der Waals surface area contributed by atoms with E-state index < -0.39 is 15.6 Å². The van der Waals surface area contributed by atoms with E-state index in [0.717, 1.165) is 11.3 Å². The molecule has 5 rings (SSSR count). The molecule has 4 heterocycles. The van der Waals surface area contributed by atoms with Crippen LogP contribution in [0, 0.1) is 5.92 Å². The van der Waals surface area contributed by atoms with Gasteiger partial charge in [-0.3, -0.25) is 9.48 Å². The monoisotopic (exact) mass is 450 g/mol. The summed E-state index contributed by atoms with van der Waals surface area (Å²) in [5.74, 6) is 0.485. The van der Waals surface area contributed by atoms with E-state index >= 15 is 0 Å². The van der Waals surface area contributed by atoms with Crippen LogP contribution >= 0.6 is 11.3 Å². The molecule has 2 aliphatic heterocycles. The summed E-state index contributed by atoms with van der Waals surface area (Å²) in [5.41, 5.74) is 1.95. The van der Waals surface area contributed by atoms with E-state index in [4.69, 9.17) is 4.74 Å². The van der Waals surface area contributed by atoms with Gasteiger partial charge in [-0.25, -0.2) is 8.42 Å². The summed E-state index contributed by atoms with van der Waals surface area (Å²) in [4.78, 5) is 12.6. The first-order valence-electron chi connectivity index (χ1n) is 10.4. The number of ether oxygens (including phenoxy) is 1. The highest BCUT2D eigenvalue weighted by molar-refractivity contribution is 7.91. The number of aromatic nitrogens is 2. The number of piperidine rings is 1. The number of thiophene rings is 1. The fourth-order valence-electron chi connectivity index (χ4n) is 4.37. The number of aryl methyl sites for hydroxylation is 1. The highest BCUT2D eigenvalue weighted by Gasteiger charge is 2.44. The first kappa shape index (κ1) is 20.2. The zero-order valence-electron chi connectivity index (χ0n) is 17.0. The van der Waals surface area contributed by atoms with Crippen LogP contribution < -0.4 is 5.32 Å². The lowest BCUT2D eigenvalue weighted by atomic mass is 9.84. The molecule has 2 aromatic heterocycles. The van der Waals surface area contributed by atoms with Gasteiger partial charge in [-0.15, -0.1) is 11.3 Å². The minimum atomic E-state index is -3.43. The Bertz CT molecular complexity index is 1050. The lowest BCUT2D eigenvalue weighted by Gasteiger charge is -2.43. The maximum atomic E-state index is 12.8. The molecular formula is C20H26N4O4S2. The second-order valence-electron chi connectivity index (χ2n) is 8.54. The molecule has 0 radical (unpaired) electrons.